The largest absolute Gasteiger partial charge is 0.378 e. The van der Waals surface area contributed by atoms with E-state index in [0.717, 1.165) is 52.9 Å². The van der Waals surface area contributed by atoms with Crippen molar-refractivity contribution >= 4 is 38.3 Å². The maximum Gasteiger partial charge on any atom is 0.249 e. The number of tetrazole rings is 1. The molecule has 1 saturated heterocycles. The van der Waals surface area contributed by atoms with Crippen LogP contribution in [0.15, 0.2) is 54.9 Å². The first kappa shape index (κ1) is 19.6. The third-order valence-electron chi connectivity index (χ3n) is 5.19. The molecule has 10 heteroatoms. The molecule has 1 unspecified atom stereocenters. The SMILES string of the molecule is O=C(Nc1ccc2nc(N3CCOCC3)sc2c1)C(Cc1ccccc1)n1cnnn1. The van der Waals surface area contributed by atoms with E-state index in [0.29, 0.717) is 6.42 Å². The minimum absolute atomic E-state index is 0.173. The molecule has 1 atom stereocenters. The van der Waals surface area contributed by atoms with Crippen LogP contribution in [-0.4, -0.2) is 57.4 Å². The molecule has 9 nitrogen and oxygen atoms in total. The molecule has 3 heterocycles. The molecule has 4 aromatic rings. The number of anilines is 2. The molecular formula is C21H21N7O2S. The van der Waals surface area contributed by atoms with E-state index in [1.54, 1.807) is 11.3 Å². The molecule has 0 saturated carbocycles. The van der Waals surface area contributed by atoms with Crippen LogP contribution in [0.25, 0.3) is 10.2 Å². The van der Waals surface area contributed by atoms with Gasteiger partial charge < -0.3 is 15.0 Å². The van der Waals surface area contributed by atoms with Crippen LogP contribution >= 0.6 is 11.3 Å². The summed E-state index contributed by atoms with van der Waals surface area (Å²) in [4.78, 5) is 20.1. The molecule has 1 aliphatic rings. The topological polar surface area (TPSA) is 98.1 Å². The third kappa shape index (κ3) is 4.39. The molecule has 2 aromatic carbocycles. The van der Waals surface area contributed by atoms with Crippen molar-refractivity contribution in [2.45, 2.75) is 12.5 Å². The molecule has 1 amide bonds. The van der Waals surface area contributed by atoms with Crippen molar-refractivity contribution in [3.63, 3.8) is 0 Å². The minimum Gasteiger partial charge on any atom is -0.378 e. The van der Waals surface area contributed by atoms with Crippen LogP contribution < -0.4 is 10.2 Å². The van der Waals surface area contributed by atoms with E-state index < -0.39 is 6.04 Å². The van der Waals surface area contributed by atoms with Crippen LogP contribution in [0, 0.1) is 0 Å². The zero-order valence-corrected chi connectivity index (χ0v) is 17.5. The number of amides is 1. The van der Waals surface area contributed by atoms with Gasteiger partial charge in [0.05, 0.1) is 23.4 Å². The van der Waals surface area contributed by atoms with Gasteiger partial charge in [-0.1, -0.05) is 41.7 Å². The first-order chi connectivity index (χ1) is 15.3. The number of fused-ring (bicyclic) bond motifs is 1. The Balaban J connectivity index is 1.36. The summed E-state index contributed by atoms with van der Waals surface area (Å²) in [5, 5.41) is 15.3. The van der Waals surface area contributed by atoms with Crippen LogP contribution in [0.2, 0.25) is 0 Å². The first-order valence-electron chi connectivity index (χ1n) is 10.1. The van der Waals surface area contributed by atoms with E-state index in [4.69, 9.17) is 9.72 Å². The Kier molecular flexibility index (Phi) is 5.55. The van der Waals surface area contributed by atoms with Gasteiger partial charge in [0, 0.05) is 25.2 Å². The minimum atomic E-state index is -0.557. The Morgan fingerprint density at radius 3 is 2.77 bits per heavy atom. The molecule has 0 radical (unpaired) electrons. The molecule has 0 aliphatic carbocycles. The second-order valence-corrected chi connectivity index (χ2v) is 8.27. The summed E-state index contributed by atoms with van der Waals surface area (Å²) < 4.78 is 7.94. The van der Waals surface area contributed by atoms with Gasteiger partial charge in [0.25, 0.3) is 0 Å². The summed E-state index contributed by atoms with van der Waals surface area (Å²) in [7, 11) is 0. The number of rotatable bonds is 6. The average Bonchev–Trinajstić information content (AvgIpc) is 3.48. The van der Waals surface area contributed by atoms with E-state index in [-0.39, 0.29) is 5.91 Å². The molecule has 1 aliphatic heterocycles. The van der Waals surface area contributed by atoms with E-state index in [9.17, 15) is 4.79 Å². The van der Waals surface area contributed by atoms with Crippen molar-refractivity contribution in [3.8, 4) is 0 Å². The number of ether oxygens (including phenoxy) is 1. The average molecular weight is 436 g/mol. The molecule has 0 spiro atoms. The predicted molar refractivity (Wildman–Crippen MR) is 118 cm³/mol. The number of benzene rings is 2. The quantitative estimate of drug-likeness (QED) is 0.497. The van der Waals surface area contributed by atoms with Crippen molar-refractivity contribution in [1.29, 1.82) is 0 Å². The predicted octanol–water partition coefficient (Wildman–Crippen LogP) is 2.54. The number of morpholine rings is 1. The second kappa shape index (κ2) is 8.78. The number of nitrogens with zero attached hydrogens (tertiary/aromatic N) is 6. The molecule has 0 bridgehead atoms. The lowest BCUT2D eigenvalue weighted by atomic mass is 10.1. The number of thiazole rings is 1. The maximum atomic E-state index is 13.1. The third-order valence-corrected chi connectivity index (χ3v) is 6.26. The van der Waals surface area contributed by atoms with Crippen molar-refractivity contribution in [2.24, 2.45) is 0 Å². The molecule has 158 valence electrons. The summed E-state index contributed by atoms with van der Waals surface area (Å²) in [5.41, 5.74) is 2.68. The number of nitrogens with one attached hydrogen (secondary N) is 1. The van der Waals surface area contributed by atoms with E-state index >= 15 is 0 Å². The zero-order chi connectivity index (χ0) is 21.0. The van der Waals surface area contributed by atoms with Crippen molar-refractivity contribution < 1.29 is 9.53 Å². The van der Waals surface area contributed by atoms with Crippen molar-refractivity contribution in [1.82, 2.24) is 25.2 Å². The monoisotopic (exact) mass is 435 g/mol. The van der Waals surface area contributed by atoms with Gasteiger partial charge in [0.15, 0.2) is 5.13 Å². The van der Waals surface area contributed by atoms with Crippen molar-refractivity contribution in [2.75, 3.05) is 36.5 Å². The maximum absolute atomic E-state index is 13.1. The van der Waals surface area contributed by atoms with E-state index in [1.807, 2.05) is 48.5 Å². The highest BCUT2D eigenvalue weighted by Crippen LogP contribution is 2.31. The van der Waals surface area contributed by atoms with Gasteiger partial charge in [-0.15, -0.1) is 5.10 Å². The lowest BCUT2D eigenvalue weighted by Gasteiger charge is -2.25. The molecule has 2 aromatic heterocycles. The lowest BCUT2D eigenvalue weighted by Crippen LogP contribution is -2.36. The van der Waals surface area contributed by atoms with Gasteiger partial charge in [0.1, 0.15) is 12.4 Å². The van der Waals surface area contributed by atoms with Crippen LogP contribution in [-0.2, 0) is 16.0 Å². The molecule has 5 rings (SSSR count). The Hall–Kier alpha value is -3.37. The summed E-state index contributed by atoms with van der Waals surface area (Å²) in [6, 6.07) is 15.1. The first-order valence-corrected chi connectivity index (χ1v) is 10.9. The van der Waals surface area contributed by atoms with Gasteiger partial charge in [-0.3, -0.25) is 4.79 Å². The van der Waals surface area contributed by atoms with Gasteiger partial charge in [0.2, 0.25) is 5.91 Å². The highest BCUT2D eigenvalue weighted by molar-refractivity contribution is 7.22. The van der Waals surface area contributed by atoms with Crippen LogP contribution in [0.1, 0.15) is 11.6 Å². The number of hydrogen-bond acceptors (Lipinski definition) is 8. The van der Waals surface area contributed by atoms with Gasteiger partial charge in [-0.05, 0) is 34.2 Å². The molecule has 1 N–H and O–H groups in total. The van der Waals surface area contributed by atoms with E-state index in [2.05, 4.69) is 25.7 Å². The summed E-state index contributed by atoms with van der Waals surface area (Å²) in [5.74, 6) is -0.173. The zero-order valence-electron chi connectivity index (χ0n) is 16.7. The number of carbonyl (C=O) groups is 1. The Morgan fingerprint density at radius 1 is 1.16 bits per heavy atom. The summed E-state index contributed by atoms with van der Waals surface area (Å²) in [6.45, 7) is 3.13. The van der Waals surface area contributed by atoms with Gasteiger partial charge in [-0.2, -0.15) is 0 Å². The Bertz CT molecular complexity index is 1160. The fourth-order valence-corrected chi connectivity index (χ4v) is 4.62. The smallest absolute Gasteiger partial charge is 0.249 e. The highest BCUT2D eigenvalue weighted by atomic mass is 32.1. The summed E-state index contributed by atoms with van der Waals surface area (Å²) in [6.07, 6.45) is 1.95. The number of aromatic nitrogens is 5. The standard InChI is InChI=1S/C21H21N7O2S/c29-20(18(28-14-22-25-26-28)12-15-4-2-1-3-5-15)23-16-6-7-17-19(13-16)31-21(24-17)27-8-10-30-11-9-27/h1-7,13-14,18H,8-12H2,(H,23,29). The van der Waals surface area contributed by atoms with Crippen LogP contribution in [0.5, 0.6) is 0 Å². The molecule has 31 heavy (non-hydrogen) atoms. The normalized spacial score (nSPS) is 15.2. The number of carbonyl (C=O) groups excluding carboxylic acids is 1. The van der Waals surface area contributed by atoms with Crippen LogP contribution in [0.3, 0.4) is 0 Å². The highest BCUT2D eigenvalue weighted by Gasteiger charge is 2.23. The van der Waals surface area contributed by atoms with Gasteiger partial charge in [-0.25, -0.2) is 9.67 Å². The van der Waals surface area contributed by atoms with Gasteiger partial charge >= 0.3 is 0 Å². The molecule has 1 fully saturated rings. The fraction of sp³-hybridized carbons (Fsp3) is 0.286. The van der Waals surface area contributed by atoms with Crippen molar-refractivity contribution in [3.05, 3.63) is 60.4 Å². The van der Waals surface area contributed by atoms with Crippen LogP contribution in [0.4, 0.5) is 10.8 Å². The Labute approximate surface area is 182 Å². The second-order valence-electron chi connectivity index (χ2n) is 7.26. The Morgan fingerprint density at radius 2 is 2.00 bits per heavy atom. The van der Waals surface area contributed by atoms with E-state index in [1.165, 1.54) is 11.0 Å². The summed E-state index contributed by atoms with van der Waals surface area (Å²) >= 11 is 1.62. The molecular weight excluding hydrogens is 414 g/mol. The number of hydrogen-bond donors (Lipinski definition) is 1. The lowest BCUT2D eigenvalue weighted by molar-refractivity contribution is -0.119. The fourth-order valence-electron chi connectivity index (χ4n) is 3.56.